The lowest BCUT2D eigenvalue weighted by atomic mass is 10.2. The van der Waals surface area contributed by atoms with Crippen molar-refractivity contribution < 1.29 is 19.5 Å². The molecule has 9 nitrogen and oxygen atoms in total. The Kier molecular flexibility index (Phi) is 5.35. The number of nitrogens with two attached hydrogens (primary N) is 1. The number of nitrogens with one attached hydrogen (secondary N) is 3. The number of carboxylic acid groups (broad SMARTS) is 1. The van der Waals surface area contributed by atoms with E-state index < -0.39 is 18.0 Å². The van der Waals surface area contributed by atoms with E-state index in [-0.39, 0.29) is 24.7 Å². The van der Waals surface area contributed by atoms with Crippen LogP contribution in [0.2, 0.25) is 0 Å². The Morgan fingerprint density at radius 3 is 2.58 bits per heavy atom. The zero-order valence-electron chi connectivity index (χ0n) is 12.9. The van der Waals surface area contributed by atoms with E-state index in [9.17, 15) is 14.4 Å². The van der Waals surface area contributed by atoms with Crippen molar-refractivity contribution in [1.82, 2.24) is 10.6 Å². The summed E-state index contributed by atoms with van der Waals surface area (Å²) in [6, 6.07) is 5.49. The zero-order chi connectivity index (χ0) is 17.7. The minimum absolute atomic E-state index is 0.00169. The number of nitrogens with zero attached hydrogens (tertiary/aromatic N) is 1. The van der Waals surface area contributed by atoms with Gasteiger partial charge in [-0.25, -0.2) is 4.79 Å². The maximum atomic E-state index is 12.4. The molecule has 1 saturated heterocycles. The SMILES string of the molecule is N=C(N)c1ccc(N2CCC(NC(=O)NCCC(=O)O)C2=O)cc1. The second kappa shape index (κ2) is 7.44. The number of urea groups is 1. The average molecular weight is 333 g/mol. The standard InChI is InChI=1S/C15H19N5O4/c16-13(17)9-1-3-10(4-2-9)20-8-6-11(14(20)23)19-15(24)18-7-5-12(21)22/h1-4,11H,5-8H2,(H3,16,17)(H,21,22)(H2,18,19,24). The fourth-order valence-electron chi connectivity index (χ4n) is 2.38. The summed E-state index contributed by atoms with van der Waals surface area (Å²) in [6.07, 6.45) is 0.278. The van der Waals surface area contributed by atoms with E-state index in [1.165, 1.54) is 0 Å². The van der Waals surface area contributed by atoms with Gasteiger partial charge in [0, 0.05) is 24.3 Å². The Bertz CT molecular complexity index is 658. The average Bonchev–Trinajstić information content (AvgIpc) is 2.88. The van der Waals surface area contributed by atoms with Crippen LogP contribution in [0.3, 0.4) is 0 Å². The van der Waals surface area contributed by atoms with Crippen molar-refractivity contribution in [3.63, 3.8) is 0 Å². The van der Waals surface area contributed by atoms with Crippen molar-refractivity contribution in [3.05, 3.63) is 29.8 Å². The number of amidine groups is 1. The summed E-state index contributed by atoms with van der Waals surface area (Å²) in [4.78, 5) is 36.0. The van der Waals surface area contributed by atoms with Crippen molar-refractivity contribution in [1.29, 1.82) is 5.41 Å². The van der Waals surface area contributed by atoms with Crippen LogP contribution in [0, 0.1) is 5.41 Å². The maximum absolute atomic E-state index is 12.4. The molecule has 1 aromatic carbocycles. The predicted octanol–water partition coefficient (Wildman–Crippen LogP) is -0.150. The smallest absolute Gasteiger partial charge is 0.315 e. The van der Waals surface area contributed by atoms with Gasteiger partial charge in [-0.3, -0.25) is 15.0 Å². The van der Waals surface area contributed by atoms with Gasteiger partial charge in [-0.05, 0) is 30.7 Å². The normalized spacial score (nSPS) is 16.8. The Morgan fingerprint density at radius 1 is 1.33 bits per heavy atom. The highest BCUT2D eigenvalue weighted by atomic mass is 16.4. The number of rotatable bonds is 6. The minimum Gasteiger partial charge on any atom is -0.481 e. The van der Waals surface area contributed by atoms with Gasteiger partial charge >= 0.3 is 12.0 Å². The van der Waals surface area contributed by atoms with Crippen molar-refractivity contribution >= 4 is 29.4 Å². The van der Waals surface area contributed by atoms with Crippen LogP contribution in [0.4, 0.5) is 10.5 Å². The summed E-state index contributed by atoms with van der Waals surface area (Å²) in [5.41, 5.74) is 6.63. The van der Waals surface area contributed by atoms with Gasteiger partial charge in [0.2, 0.25) is 5.91 Å². The van der Waals surface area contributed by atoms with Gasteiger partial charge in [-0.1, -0.05) is 0 Å². The van der Waals surface area contributed by atoms with Crippen molar-refractivity contribution in [2.45, 2.75) is 18.9 Å². The first-order valence-electron chi connectivity index (χ1n) is 7.40. The van der Waals surface area contributed by atoms with Gasteiger partial charge in [0.15, 0.2) is 0 Å². The van der Waals surface area contributed by atoms with Crippen molar-refractivity contribution in [2.24, 2.45) is 5.73 Å². The Labute approximate surface area is 138 Å². The van der Waals surface area contributed by atoms with Crippen LogP contribution in [-0.2, 0) is 9.59 Å². The third-order valence-electron chi connectivity index (χ3n) is 3.63. The molecule has 0 spiro atoms. The van der Waals surface area contributed by atoms with E-state index in [1.54, 1.807) is 29.2 Å². The van der Waals surface area contributed by atoms with Gasteiger partial charge < -0.3 is 26.4 Å². The summed E-state index contributed by atoms with van der Waals surface area (Å²) in [7, 11) is 0. The molecule has 1 atom stereocenters. The summed E-state index contributed by atoms with van der Waals surface area (Å²) < 4.78 is 0. The molecule has 24 heavy (non-hydrogen) atoms. The third kappa shape index (κ3) is 4.22. The molecule has 6 N–H and O–H groups in total. The third-order valence-corrected chi connectivity index (χ3v) is 3.63. The van der Waals surface area contributed by atoms with E-state index in [0.29, 0.717) is 24.2 Å². The second-order valence-electron chi connectivity index (χ2n) is 5.34. The van der Waals surface area contributed by atoms with E-state index in [4.69, 9.17) is 16.2 Å². The molecule has 0 aromatic heterocycles. The van der Waals surface area contributed by atoms with Crippen LogP contribution in [0.1, 0.15) is 18.4 Å². The predicted molar refractivity (Wildman–Crippen MR) is 87.0 cm³/mol. The first kappa shape index (κ1) is 17.3. The molecule has 3 amide bonds. The lowest BCUT2D eigenvalue weighted by Crippen LogP contribution is -2.46. The largest absolute Gasteiger partial charge is 0.481 e. The molecule has 9 heteroatoms. The number of carboxylic acids is 1. The van der Waals surface area contributed by atoms with Crippen LogP contribution in [0.25, 0.3) is 0 Å². The summed E-state index contributed by atoms with van der Waals surface area (Å²) in [6.45, 7) is 0.455. The first-order valence-corrected chi connectivity index (χ1v) is 7.40. The molecular formula is C15H19N5O4. The fourth-order valence-corrected chi connectivity index (χ4v) is 2.38. The van der Waals surface area contributed by atoms with E-state index in [0.717, 1.165) is 0 Å². The summed E-state index contributed by atoms with van der Waals surface area (Å²) in [5, 5.41) is 20.8. The molecule has 1 fully saturated rings. The van der Waals surface area contributed by atoms with Crippen LogP contribution in [0.5, 0.6) is 0 Å². The van der Waals surface area contributed by atoms with Crippen LogP contribution < -0.4 is 21.3 Å². The molecule has 1 heterocycles. The molecule has 1 aliphatic heterocycles. The van der Waals surface area contributed by atoms with Gasteiger partial charge in [-0.15, -0.1) is 0 Å². The number of hydrogen-bond donors (Lipinski definition) is 5. The molecule has 0 bridgehead atoms. The molecule has 1 aliphatic rings. The molecule has 1 aromatic rings. The van der Waals surface area contributed by atoms with E-state index >= 15 is 0 Å². The number of anilines is 1. The number of nitrogen functional groups attached to an aromatic ring is 1. The van der Waals surface area contributed by atoms with Crippen LogP contribution in [-0.4, -0.2) is 48.0 Å². The van der Waals surface area contributed by atoms with Gasteiger partial charge in [0.05, 0.1) is 6.42 Å². The fraction of sp³-hybridized carbons (Fsp3) is 0.333. The van der Waals surface area contributed by atoms with Crippen LogP contribution >= 0.6 is 0 Å². The van der Waals surface area contributed by atoms with E-state index in [1.807, 2.05) is 0 Å². The molecule has 2 rings (SSSR count). The Hall–Kier alpha value is -3.10. The summed E-state index contributed by atoms with van der Waals surface area (Å²) in [5.74, 6) is -1.29. The molecule has 0 aliphatic carbocycles. The number of aliphatic carboxylic acids is 1. The monoisotopic (exact) mass is 333 g/mol. The highest BCUT2D eigenvalue weighted by molar-refractivity contribution is 6.02. The maximum Gasteiger partial charge on any atom is 0.315 e. The minimum atomic E-state index is -1.01. The van der Waals surface area contributed by atoms with Crippen molar-refractivity contribution in [2.75, 3.05) is 18.0 Å². The Balaban J connectivity index is 1.91. The topological polar surface area (TPSA) is 149 Å². The van der Waals surface area contributed by atoms with Crippen molar-refractivity contribution in [3.8, 4) is 0 Å². The first-order chi connectivity index (χ1) is 11.4. The number of amides is 3. The molecule has 0 saturated carbocycles. The Morgan fingerprint density at radius 2 is 2.00 bits per heavy atom. The van der Waals surface area contributed by atoms with Crippen LogP contribution in [0.15, 0.2) is 24.3 Å². The highest BCUT2D eigenvalue weighted by Crippen LogP contribution is 2.22. The van der Waals surface area contributed by atoms with Gasteiger partial charge in [0.25, 0.3) is 0 Å². The lowest BCUT2D eigenvalue weighted by Gasteiger charge is -2.17. The summed E-state index contributed by atoms with van der Waals surface area (Å²) >= 11 is 0. The number of hydrogen-bond acceptors (Lipinski definition) is 4. The number of carbonyl (C=O) groups excluding carboxylic acids is 2. The molecule has 0 radical (unpaired) electrons. The second-order valence-corrected chi connectivity index (χ2v) is 5.34. The lowest BCUT2D eigenvalue weighted by molar-refractivity contribution is -0.136. The zero-order valence-corrected chi connectivity index (χ0v) is 12.9. The van der Waals surface area contributed by atoms with Gasteiger partial charge in [0.1, 0.15) is 11.9 Å². The molecular weight excluding hydrogens is 314 g/mol. The number of carbonyl (C=O) groups is 3. The molecule has 128 valence electrons. The molecule has 1 unspecified atom stereocenters. The quantitative estimate of drug-likeness (QED) is 0.362. The van der Waals surface area contributed by atoms with E-state index in [2.05, 4.69) is 10.6 Å². The van der Waals surface area contributed by atoms with Gasteiger partial charge in [-0.2, -0.15) is 0 Å². The number of benzene rings is 1. The highest BCUT2D eigenvalue weighted by Gasteiger charge is 2.33.